The van der Waals surface area contributed by atoms with Crippen LogP contribution >= 0.6 is 24.0 Å². The van der Waals surface area contributed by atoms with Crippen molar-refractivity contribution < 1.29 is 23.1 Å². The van der Waals surface area contributed by atoms with Gasteiger partial charge in [0, 0.05) is 18.7 Å². The lowest BCUT2D eigenvalue weighted by atomic mass is 10.2. The number of imide groups is 1. The van der Waals surface area contributed by atoms with E-state index >= 15 is 0 Å². The number of likely N-dealkylation sites (tertiary alicyclic amines) is 1. The Hall–Kier alpha value is -1.74. The molecule has 0 saturated carbocycles. The molecule has 2 rings (SSSR count). The summed E-state index contributed by atoms with van der Waals surface area (Å²) in [6.45, 7) is -1.12. The molecule has 1 fully saturated rings. The molecule has 9 heteroatoms. The molecule has 130 valence electrons. The van der Waals surface area contributed by atoms with Crippen molar-refractivity contribution in [2.24, 2.45) is 0 Å². The number of amides is 2. The van der Waals surface area contributed by atoms with Gasteiger partial charge in [0.25, 0.3) is 5.91 Å². The van der Waals surface area contributed by atoms with E-state index in [2.05, 4.69) is 10.1 Å². The number of nitrogens with zero attached hydrogens (tertiary/aromatic N) is 1. The van der Waals surface area contributed by atoms with Crippen LogP contribution in [0.25, 0.3) is 0 Å². The Morgan fingerprint density at radius 2 is 1.88 bits per heavy atom. The third-order valence-corrected chi connectivity index (χ3v) is 4.81. The number of nitrogens with one attached hydrogen (secondary N) is 1. The number of carbonyl (C=O) groups is 2. The predicted octanol–water partition coefficient (Wildman–Crippen LogP) is 2.66. The highest BCUT2D eigenvalue weighted by molar-refractivity contribution is 8.23. The number of thioether (sulfide) groups is 1. The zero-order valence-corrected chi connectivity index (χ0v) is 14.3. The fraction of sp³-hybridized carbons (Fsp3) is 0.400. The van der Waals surface area contributed by atoms with Crippen molar-refractivity contribution in [1.29, 1.82) is 0 Å². The summed E-state index contributed by atoms with van der Waals surface area (Å²) in [6.07, 6.45) is 2.19. The molecule has 0 radical (unpaired) electrons. The first-order valence-electron chi connectivity index (χ1n) is 7.26. The van der Waals surface area contributed by atoms with Crippen LogP contribution in [0.2, 0.25) is 0 Å². The van der Waals surface area contributed by atoms with Crippen LogP contribution in [0.5, 0.6) is 5.75 Å². The average Bonchev–Trinajstić information content (AvgIpc) is 3.07. The summed E-state index contributed by atoms with van der Waals surface area (Å²) in [5, 5.41) is 2.24. The Bertz CT molecular complexity index is 605. The van der Waals surface area contributed by atoms with E-state index in [1.54, 1.807) is 0 Å². The van der Waals surface area contributed by atoms with Crippen LogP contribution in [0.15, 0.2) is 24.3 Å². The van der Waals surface area contributed by atoms with Gasteiger partial charge in [-0.15, -0.1) is 0 Å². The maximum atomic E-state index is 12.1. The van der Waals surface area contributed by atoms with Gasteiger partial charge in [-0.05, 0) is 37.1 Å². The van der Waals surface area contributed by atoms with E-state index in [-0.39, 0.29) is 17.1 Å². The van der Waals surface area contributed by atoms with Crippen LogP contribution in [-0.4, -0.2) is 46.5 Å². The molecule has 1 N–H and O–H groups in total. The molecule has 2 amide bonds. The molecule has 1 aliphatic heterocycles. The quantitative estimate of drug-likeness (QED) is 0.800. The summed E-state index contributed by atoms with van der Waals surface area (Å²) >= 11 is 6.45. The smallest absolute Gasteiger partial charge is 0.387 e. The van der Waals surface area contributed by atoms with E-state index in [0.717, 1.165) is 25.9 Å². The summed E-state index contributed by atoms with van der Waals surface area (Å²) in [5.41, 5.74) is 0.178. The molecule has 1 aromatic carbocycles. The van der Waals surface area contributed by atoms with Gasteiger partial charge in [-0.25, -0.2) is 0 Å². The van der Waals surface area contributed by atoms with Gasteiger partial charge in [0.05, 0.1) is 5.75 Å². The Labute approximate surface area is 147 Å². The number of rotatable bonds is 5. The first kappa shape index (κ1) is 18.6. The third-order valence-electron chi connectivity index (χ3n) is 3.29. The second-order valence-electron chi connectivity index (χ2n) is 5.03. The fourth-order valence-electron chi connectivity index (χ4n) is 2.14. The first-order valence-corrected chi connectivity index (χ1v) is 8.66. The van der Waals surface area contributed by atoms with Gasteiger partial charge in [0.15, 0.2) is 0 Å². The van der Waals surface area contributed by atoms with Crippen molar-refractivity contribution in [3.8, 4) is 5.75 Å². The van der Waals surface area contributed by atoms with E-state index < -0.39 is 18.4 Å². The second-order valence-corrected chi connectivity index (χ2v) is 6.64. The number of hydrogen-bond acceptors (Lipinski definition) is 5. The summed E-state index contributed by atoms with van der Waals surface area (Å²) in [4.78, 5) is 25.8. The third kappa shape index (κ3) is 5.72. The minimum Gasteiger partial charge on any atom is -0.435 e. The van der Waals surface area contributed by atoms with E-state index in [1.165, 1.54) is 36.0 Å². The molecule has 0 atom stereocenters. The van der Waals surface area contributed by atoms with Gasteiger partial charge in [-0.1, -0.05) is 24.0 Å². The lowest BCUT2D eigenvalue weighted by Gasteiger charge is -2.17. The van der Waals surface area contributed by atoms with Crippen LogP contribution in [0, 0.1) is 0 Å². The summed E-state index contributed by atoms with van der Waals surface area (Å²) < 4.78 is 28.9. The minimum absolute atomic E-state index is 0.0493. The van der Waals surface area contributed by atoms with Crippen molar-refractivity contribution in [3.63, 3.8) is 0 Å². The van der Waals surface area contributed by atoms with Crippen molar-refractivity contribution in [2.75, 3.05) is 18.8 Å². The Morgan fingerprint density at radius 1 is 1.25 bits per heavy atom. The fourth-order valence-corrected chi connectivity index (χ4v) is 3.19. The predicted molar refractivity (Wildman–Crippen MR) is 91.4 cm³/mol. The molecule has 1 aliphatic rings. The van der Waals surface area contributed by atoms with Gasteiger partial charge < -0.3 is 9.64 Å². The number of carbonyl (C=O) groups excluding carboxylic acids is 2. The van der Waals surface area contributed by atoms with Gasteiger partial charge in [0.2, 0.25) is 5.91 Å². The molecular formula is C15H16F2N2O3S2. The standard InChI is InChI=1S/C15H16F2N2O3S2/c16-14(17)22-11-5-3-10(4-6-11)13(21)18-12(20)9-24-15(23)19-7-1-2-8-19/h3-6,14H,1-2,7-9H2,(H,18,20,21). The average molecular weight is 374 g/mol. The maximum Gasteiger partial charge on any atom is 0.387 e. The molecule has 1 saturated heterocycles. The topological polar surface area (TPSA) is 58.6 Å². The van der Waals surface area contributed by atoms with Crippen molar-refractivity contribution in [3.05, 3.63) is 29.8 Å². The van der Waals surface area contributed by atoms with Crippen molar-refractivity contribution in [1.82, 2.24) is 10.2 Å². The monoisotopic (exact) mass is 374 g/mol. The van der Waals surface area contributed by atoms with Crippen molar-refractivity contribution in [2.45, 2.75) is 19.5 Å². The van der Waals surface area contributed by atoms with Gasteiger partial charge in [0.1, 0.15) is 10.1 Å². The summed E-state index contributed by atoms with van der Waals surface area (Å²) in [5.74, 6) is -1.07. The van der Waals surface area contributed by atoms with E-state index in [0.29, 0.717) is 4.32 Å². The number of benzene rings is 1. The minimum atomic E-state index is -2.93. The van der Waals surface area contributed by atoms with Gasteiger partial charge in [-0.3, -0.25) is 14.9 Å². The van der Waals surface area contributed by atoms with Crippen LogP contribution in [-0.2, 0) is 4.79 Å². The molecule has 1 heterocycles. The lowest BCUT2D eigenvalue weighted by Crippen LogP contribution is -2.33. The summed E-state index contributed by atoms with van der Waals surface area (Å²) in [7, 11) is 0. The van der Waals surface area contributed by atoms with Gasteiger partial charge in [-0.2, -0.15) is 8.78 Å². The zero-order valence-electron chi connectivity index (χ0n) is 12.7. The summed E-state index contributed by atoms with van der Waals surface area (Å²) in [6, 6.07) is 5.09. The Kier molecular flexibility index (Phi) is 6.92. The molecule has 24 heavy (non-hydrogen) atoms. The zero-order chi connectivity index (χ0) is 17.5. The number of alkyl halides is 2. The molecule has 5 nitrogen and oxygen atoms in total. The number of hydrogen-bond donors (Lipinski definition) is 1. The molecule has 0 spiro atoms. The highest BCUT2D eigenvalue weighted by Gasteiger charge is 2.17. The van der Waals surface area contributed by atoms with Crippen LogP contribution in [0.3, 0.4) is 0 Å². The largest absolute Gasteiger partial charge is 0.435 e. The Morgan fingerprint density at radius 3 is 2.46 bits per heavy atom. The second kappa shape index (κ2) is 8.93. The molecule has 0 bridgehead atoms. The number of ether oxygens (including phenoxy) is 1. The van der Waals surface area contributed by atoms with E-state index in [9.17, 15) is 18.4 Å². The first-order chi connectivity index (χ1) is 11.5. The maximum absolute atomic E-state index is 12.1. The van der Waals surface area contributed by atoms with Gasteiger partial charge >= 0.3 is 6.61 Å². The van der Waals surface area contributed by atoms with E-state index in [1.807, 2.05) is 4.90 Å². The highest BCUT2D eigenvalue weighted by atomic mass is 32.2. The SMILES string of the molecule is O=C(CSC(=S)N1CCCC1)NC(=O)c1ccc(OC(F)F)cc1. The molecule has 0 aromatic heterocycles. The molecule has 0 aliphatic carbocycles. The number of halogens is 2. The van der Waals surface area contributed by atoms with E-state index in [4.69, 9.17) is 12.2 Å². The molecule has 1 aromatic rings. The van der Waals surface area contributed by atoms with Crippen LogP contribution in [0.4, 0.5) is 8.78 Å². The highest BCUT2D eigenvalue weighted by Crippen LogP contribution is 2.17. The Balaban J connectivity index is 1.78. The van der Waals surface area contributed by atoms with Crippen molar-refractivity contribution >= 4 is 40.1 Å². The molecular weight excluding hydrogens is 358 g/mol. The van der Waals surface area contributed by atoms with Crippen LogP contribution < -0.4 is 10.1 Å². The molecule has 0 unspecified atom stereocenters. The van der Waals surface area contributed by atoms with Crippen LogP contribution in [0.1, 0.15) is 23.2 Å². The lowest BCUT2D eigenvalue weighted by molar-refractivity contribution is -0.117. The normalized spacial score (nSPS) is 13.9. The number of thiocarbonyl (C=S) groups is 1.